The Bertz CT molecular complexity index is 572. The van der Waals surface area contributed by atoms with Crippen LogP contribution in [-0.4, -0.2) is 18.4 Å². The van der Waals surface area contributed by atoms with Gasteiger partial charge in [-0.3, -0.25) is 4.79 Å². The Morgan fingerprint density at radius 2 is 2.06 bits per heavy atom. The van der Waals surface area contributed by atoms with Crippen LogP contribution in [-0.2, 0) is 0 Å². The average Bonchev–Trinajstić information content (AvgIpc) is 2.70. The molecule has 0 aliphatic heterocycles. The van der Waals surface area contributed by atoms with E-state index in [1.807, 2.05) is 0 Å². The maximum atomic E-state index is 13.0. The van der Waals surface area contributed by atoms with Crippen molar-refractivity contribution in [3.8, 4) is 0 Å². The minimum atomic E-state index is -0.702. The summed E-state index contributed by atoms with van der Waals surface area (Å²) in [6, 6.07) is 5.75. The standard InChI is InChI=1S/C13H14FNO2/c1-13(2,15-3)12(16)11-7-8-6-9(14)4-5-10(8)17-11/h4-7,15H,1-3H3. The van der Waals surface area contributed by atoms with Gasteiger partial charge in [0.2, 0.25) is 5.78 Å². The van der Waals surface area contributed by atoms with E-state index in [2.05, 4.69) is 5.32 Å². The number of hydrogen-bond acceptors (Lipinski definition) is 3. The van der Waals surface area contributed by atoms with E-state index >= 15 is 0 Å². The fourth-order valence-electron chi connectivity index (χ4n) is 1.55. The van der Waals surface area contributed by atoms with Crippen molar-refractivity contribution in [1.82, 2.24) is 5.32 Å². The van der Waals surface area contributed by atoms with Gasteiger partial charge in [0.05, 0.1) is 5.54 Å². The highest BCUT2D eigenvalue weighted by Gasteiger charge is 2.29. The van der Waals surface area contributed by atoms with E-state index in [4.69, 9.17) is 4.42 Å². The maximum Gasteiger partial charge on any atom is 0.217 e. The molecule has 0 aliphatic rings. The lowest BCUT2D eigenvalue weighted by atomic mass is 9.97. The first kappa shape index (κ1) is 11.8. The fourth-order valence-corrected chi connectivity index (χ4v) is 1.55. The topological polar surface area (TPSA) is 42.2 Å². The smallest absolute Gasteiger partial charge is 0.217 e. The number of furan rings is 1. The zero-order chi connectivity index (χ0) is 12.6. The van der Waals surface area contributed by atoms with E-state index < -0.39 is 5.54 Å². The van der Waals surface area contributed by atoms with Crippen LogP contribution in [0.4, 0.5) is 4.39 Å². The second-order valence-electron chi connectivity index (χ2n) is 4.50. The minimum Gasteiger partial charge on any atom is -0.453 e. The summed E-state index contributed by atoms with van der Waals surface area (Å²) in [6.07, 6.45) is 0. The SMILES string of the molecule is CNC(C)(C)C(=O)c1cc2cc(F)ccc2o1. The molecule has 17 heavy (non-hydrogen) atoms. The van der Waals surface area contributed by atoms with Crippen LogP contribution in [0.1, 0.15) is 24.4 Å². The van der Waals surface area contributed by atoms with Crippen LogP contribution in [0.2, 0.25) is 0 Å². The molecule has 0 saturated carbocycles. The first-order valence-corrected chi connectivity index (χ1v) is 5.37. The van der Waals surface area contributed by atoms with E-state index in [9.17, 15) is 9.18 Å². The third-order valence-electron chi connectivity index (χ3n) is 2.89. The van der Waals surface area contributed by atoms with Gasteiger partial charge in [-0.05, 0) is 45.2 Å². The highest BCUT2D eigenvalue weighted by atomic mass is 19.1. The number of hydrogen-bond donors (Lipinski definition) is 1. The van der Waals surface area contributed by atoms with Crippen LogP contribution in [0.3, 0.4) is 0 Å². The van der Waals surface area contributed by atoms with Crippen molar-refractivity contribution >= 4 is 16.8 Å². The number of likely N-dealkylation sites (N-methyl/N-ethyl adjacent to an activating group) is 1. The summed E-state index contributed by atoms with van der Waals surface area (Å²) in [5.41, 5.74) is -0.187. The number of halogens is 1. The van der Waals surface area contributed by atoms with Gasteiger partial charge in [0.15, 0.2) is 5.76 Å². The Hall–Kier alpha value is -1.68. The van der Waals surface area contributed by atoms with Gasteiger partial charge >= 0.3 is 0 Å². The van der Waals surface area contributed by atoms with E-state index in [1.165, 1.54) is 18.2 Å². The van der Waals surface area contributed by atoms with Crippen molar-refractivity contribution in [2.45, 2.75) is 19.4 Å². The Morgan fingerprint density at radius 1 is 1.35 bits per heavy atom. The lowest BCUT2D eigenvalue weighted by molar-refractivity contribution is 0.0863. The third kappa shape index (κ3) is 2.08. The molecule has 0 unspecified atom stereocenters. The molecule has 2 rings (SSSR count). The summed E-state index contributed by atoms with van der Waals surface area (Å²) in [5.74, 6) is -0.258. The number of fused-ring (bicyclic) bond motifs is 1. The molecule has 1 aromatic carbocycles. The van der Waals surface area contributed by atoms with Gasteiger partial charge in [0.25, 0.3) is 0 Å². The molecule has 0 aliphatic carbocycles. The first-order chi connectivity index (χ1) is 7.94. The van der Waals surface area contributed by atoms with Gasteiger partial charge in [0.1, 0.15) is 11.4 Å². The van der Waals surface area contributed by atoms with Crippen LogP contribution < -0.4 is 5.32 Å². The van der Waals surface area contributed by atoms with Gasteiger partial charge in [-0.15, -0.1) is 0 Å². The predicted octanol–water partition coefficient (Wildman–Crippen LogP) is 2.75. The molecule has 0 spiro atoms. The lowest BCUT2D eigenvalue weighted by Crippen LogP contribution is -2.44. The van der Waals surface area contributed by atoms with Crippen LogP contribution >= 0.6 is 0 Å². The van der Waals surface area contributed by atoms with Crippen molar-refractivity contribution in [1.29, 1.82) is 0 Å². The fraction of sp³-hybridized carbons (Fsp3) is 0.308. The molecule has 0 amide bonds. The van der Waals surface area contributed by atoms with Gasteiger partial charge in [-0.2, -0.15) is 0 Å². The number of ketones is 1. The highest BCUT2D eigenvalue weighted by Crippen LogP contribution is 2.23. The quantitative estimate of drug-likeness (QED) is 0.832. The molecule has 3 nitrogen and oxygen atoms in total. The highest BCUT2D eigenvalue weighted by molar-refractivity contribution is 6.03. The van der Waals surface area contributed by atoms with Crippen molar-refractivity contribution in [2.75, 3.05) is 7.05 Å². The molecule has 0 atom stereocenters. The maximum absolute atomic E-state index is 13.0. The predicted molar refractivity (Wildman–Crippen MR) is 63.6 cm³/mol. The molecule has 2 aromatic rings. The first-order valence-electron chi connectivity index (χ1n) is 5.37. The lowest BCUT2D eigenvalue weighted by Gasteiger charge is -2.20. The summed E-state index contributed by atoms with van der Waals surface area (Å²) in [5, 5.41) is 3.51. The zero-order valence-electron chi connectivity index (χ0n) is 10.0. The molecule has 1 aromatic heterocycles. The molecule has 0 bridgehead atoms. The average molecular weight is 235 g/mol. The van der Waals surface area contributed by atoms with Crippen molar-refractivity contribution in [3.63, 3.8) is 0 Å². The Morgan fingerprint density at radius 3 is 2.71 bits per heavy atom. The summed E-state index contributed by atoms with van der Waals surface area (Å²) in [4.78, 5) is 12.1. The molecular formula is C13H14FNO2. The van der Waals surface area contributed by atoms with Crippen LogP contribution in [0.25, 0.3) is 11.0 Å². The van der Waals surface area contributed by atoms with Crippen LogP contribution in [0.15, 0.2) is 28.7 Å². The Kier molecular flexibility index (Phi) is 2.75. The van der Waals surface area contributed by atoms with Crippen molar-refractivity contribution in [3.05, 3.63) is 35.8 Å². The van der Waals surface area contributed by atoms with E-state index in [0.717, 1.165) is 0 Å². The summed E-state index contributed by atoms with van der Waals surface area (Å²) in [7, 11) is 1.71. The van der Waals surface area contributed by atoms with Crippen LogP contribution in [0, 0.1) is 5.82 Å². The van der Waals surface area contributed by atoms with E-state index in [1.54, 1.807) is 27.0 Å². The normalized spacial score (nSPS) is 12.0. The monoisotopic (exact) mass is 235 g/mol. The molecule has 1 heterocycles. The van der Waals surface area contributed by atoms with Gasteiger partial charge in [-0.1, -0.05) is 0 Å². The molecule has 4 heteroatoms. The minimum absolute atomic E-state index is 0.156. The molecule has 1 N–H and O–H groups in total. The second-order valence-corrected chi connectivity index (χ2v) is 4.50. The van der Waals surface area contributed by atoms with Gasteiger partial charge in [0, 0.05) is 5.39 Å². The second kappa shape index (κ2) is 3.96. The third-order valence-corrected chi connectivity index (χ3v) is 2.89. The Balaban J connectivity index is 2.47. The van der Waals surface area contributed by atoms with Crippen LogP contribution in [0.5, 0.6) is 0 Å². The van der Waals surface area contributed by atoms with Crippen molar-refractivity contribution < 1.29 is 13.6 Å². The molecule has 0 saturated heterocycles. The molecular weight excluding hydrogens is 221 g/mol. The van der Waals surface area contributed by atoms with E-state index in [0.29, 0.717) is 11.0 Å². The van der Waals surface area contributed by atoms with Gasteiger partial charge in [-0.25, -0.2) is 4.39 Å². The number of carbonyl (C=O) groups excluding carboxylic acids is 1. The molecule has 0 fully saturated rings. The van der Waals surface area contributed by atoms with Crippen molar-refractivity contribution in [2.24, 2.45) is 0 Å². The number of benzene rings is 1. The van der Waals surface area contributed by atoms with E-state index in [-0.39, 0.29) is 17.4 Å². The van der Waals surface area contributed by atoms with Gasteiger partial charge < -0.3 is 9.73 Å². The number of rotatable bonds is 3. The summed E-state index contributed by atoms with van der Waals surface area (Å²) >= 11 is 0. The number of nitrogens with one attached hydrogen (secondary N) is 1. The zero-order valence-corrected chi connectivity index (χ0v) is 10.0. The largest absolute Gasteiger partial charge is 0.453 e. The Labute approximate surface area is 98.6 Å². The molecule has 0 radical (unpaired) electrons. The number of carbonyl (C=O) groups is 1. The summed E-state index contributed by atoms with van der Waals surface area (Å²) in [6.45, 7) is 3.53. The number of Topliss-reactive ketones (excluding diaryl/α,β-unsaturated/α-hetero) is 1. The summed E-state index contributed by atoms with van der Waals surface area (Å²) < 4.78 is 18.4. The molecule has 90 valence electrons.